The molecule has 1 atom stereocenters. The Bertz CT molecular complexity index is 561. The molecule has 1 aliphatic rings. The predicted molar refractivity (Wildman–Crippen MR) is 74.5 cm³/mol. The Hall–Kier alpha value is -1.11. The van der Waals surface area contributed by atoms with Crippen LogP contribution in [0.1, 0.15) is 18.1 Å². The average molecular weight is 284 g/mol. The molecule has 0 saturated carbocycles. The molecule has 1 aromatic rings. The molecule has 0 aromatic heterocycles. The molecule has 0 radical (unpaired) electrons. The maximum absolute atomic E-state index is 12.8. The van der Waals surface area contributed by atoms with Crippen LogP contribution in [0.2, 0.25) is 0 Å². The van der Waals surface area contributed by atoms with Crippen LogP contribution in [0.3, 0.4) is 0 Å². The Morgan fingerprint density at radius 1 is 1.32 bits per heavy atom. The molecular formula is C13H20N2O3S. The van der Waals surface area contributed by atoms with Crippen LogP contribution in [0.25, 0.3) is 0 Å². The summed E-state index contributed by atoms with van der Waals surface area (Å²) in [7, 11) is -3.49. The maximum Gasteiger partial charge on any atom is 0.244 e. The molecule has 5 nitrogen and oxygen atoms in total. The molecule has 0 aliphatic carbocycles. The molecule has 0 spiro atoms. The summed E-state index contributed by atoms with van der Waals surface area (Å²) in [6.45, 7) is 6.69. The molecule has 0 amide bonds. The van der Waals surface area contributed by atoms with Crippen molar-refractivity contribution in [3.05, 3.63) is 23.3 Å². The monoisotopic (exact) mass is 284 g/mol. The average Bonchev–Trinajstić information content (AvgIpc) is 2.27. The molecule has 6 heteroatoms. The van der Waals surface area contributed by atoms with Gasteiger partial charge in [0.15, 0.2) is 0 Å². The van der Waals surface area contributed by atoms with E-state index < -0.39 is 10.0 Å². The molecule has 106 valence electrons. The van der Waals surface area contributed by atoms with Gasteiger partial charge >= 0.3 is 0 Å². The van der Waals surface area contributed by atoms with E-state index in [2.05, 4.69) is 0 Å². The van der Waals surface area contributed by atoms with Gasteiger partial charge in [-0.25, -0.2) is 8.42 Å². The van der Waals surface area contributed by atoms with E-state index in [1.54, 1.807) is 26.0 Å². The summed E-state index contributed by atoms with van der Waals surface area (Å²) in [6.07, 6.45) is 0. The highest BCUT2D eigenvalue weighted by Crippen LogP contribution is 2.28. The lowest BCUT2D eigenvalue weighted by Gasteiger charge is -2.33. The number of ether oxygens (including phenoxy) is 1. The minimum absolute atomic E-state index is 0.143. The SMILES string of the molecule is Cc1cc(N)cc(C)c1S(=O)(=O)N1CCOC[C@H]1C. The van der Waals surface area contributed by atoms with E-state index in [1.807, 2.05) is 6.92 Å². The second-order valence-electron chi connectivity index (χ2n) is 5.02. The number of morpholine rings is 1. The van der Waals surface area contributed by atoms with Gasteiger partial charge < -0.3 is 10.5 Å². The first kappa shape index (κ1) is 14.3. The molecule has 0 bridgehead atoms. The van der Waals surface area contributed by atoms with Gasteiger partial charge in [0.05, 0.1) is 18.1 Å². The molecule has 2 N–H and O–H groups in total. The number of rotatable bonds is 2. The third-order valence-corrected chi connectivity index (χ3v) is 5.68. The molecule has 19 heavy (non-hydrogen) atoms. The first-order valence-electron chi connectivity index (χ1n) is 6.30. The first-order chi connectivity index (χ1) is 8.84. The summed E-state index contributed by atoms with van der Waals surface area (Å²) in [6, 6.07) is 3.26. The van der Waals surface area contributed by atoms with Crippen LogP contribution >= 0.6 is 0 Å². The summed E-state index contributed by atoms with van der Waals surface area (Å²) >= 11 is 0. The van der Waals surface area contributed by atoms with Gasteiger partial charge in [-0.15, -0.1) is 0 Å². The van der Waals surface area contributed by atoms with Crippen LogP contribution in [-0.4, -0.2) is 38.5 Å². The molecule has 0 unspecified atom stereocenters. The van der Waals surface area contributed by atoms with Crippen LogP contribution in [0.4, 0.5) is 5.69 Å². The summed E-state index contributed by atoms with van der Waals surface area (Å²) < 4.78 is 32.4. The fraction of sp³-hybridized carbons (Fsp3) is 0.538. The van der Waals surface area contributed by atoms with Crippen molar-refractivity contribution in [3.8, 4) is 0 Å². The molecule has 1 aromatic carbocycles. The fourth-order valence-corrected chi connectivity index (χ4v) is 4.59. The van der Waals surface area contributed by atoms with Crippen LogP contribution in [0.5, 0.6) is 0 Å². The van der Waals surface area contributed by atoms with Crippen LogP contribution in [-0.2, 0) is 14.8 Å². The van der Waals surface area contributed by atoms with E-state index in [0.717, 1.165) is 0 Å². The van der Waals surface area contributed by atoms with E-state index in [9.17, 15) is 8.42 Å². The molecule has 2 rings (SSSR count). The van der Waals surface area contributed by atoms with Crippen molar-refractivity contribution in [2.24, 2.45) is 0 Å². The van der Waals surface area contributed by atoms with Crippen molar-refractivity contribution < 1.29 is 13.2 Å². The highest BCUT2D eigenvalue weighted by molar-refractivity contribution is 7.89. The van der Waals surface area contributed by atoms with Gasteiger partial charge in [-0.1, -0.05) is 0 Å². The summed E-state index contributed by atoms with van der Waals surface area (Å²) in [5.74, 6) is 0. The quantitative estimate of drug-likeness (QED) is 0.831. The Balaban J connectivity index is 2.50. The number of aryl methyl sites for hydroxylation is 2. The van der Waals surface area contributed by atoms with Crippen molar-refractivity contribution in [3.63, 3.8) is 0 Å². The van der Waals surface area contributed by atoms with Gasteiger partial charge in [0.25, 0.3) is 0 Å². The summed E-state index contributed by atoms with van der Waals surface area (Å²) in [5, 5.41) is 0. The third kappa shape index (κ3) is 2.61. The number of nitrogens with zero attached hydrogens (tertiary/aromatic N) is 1. The lowest BCUT2D eigenvalue weighted by molar-refractivity contribution is 0.0392. The van der Waals surface area contributed by atoms with Gasteiger partial charge in [0, 0.05) is 18.3 Å². The normalized spacial score (nSPS) is 21.5. The second-order valence-corrected chi connectivity index (χ2v) is 6.85. The van der Waals surface area contributed by atoms with Crippen molar-refractivity contribution in [2.45, 2.75) is 31.7 Å². The zero-order valence-electron chi connectivity index (χ0n) is 11.5. The van der Waals surface area contributed by atoms with Crippen LogP contribution in [0, 0.1) is 13.8 Å². The summed E-state index contributed by atoms with van der Waals surface area (Å²) in [5.41, 5.74) is 7.72. The van der Waals surface area contributed by atoms with Crippen molar-refractivity contribution >= 4 is 15.7 Å². The fourth-order valence-electron chi connectivity index (χ4n) is 2.58. The highest BCUT2D eigenvalue weighted by atomic mass is 32.2. The topological polar surface area (TPSA) is 72.6 Å². The van der Waals surface area contributed by atoms with Crippen LogP contribution < -0.4 is 5.73 Å². The Labute approximate surface area is 114 Å². The standard InChI is InChI=1S/C13H20N2O3S/c1-9-6-12(14)7-10(2)13(9)19(16,17)15-4-5-18-8-11(15)3/h6-7,11H,4-5,8,14H2,1-3H3/t11-/m1/s1. The van der Waals surface area contributed by atoms with E-state index in [4.69, 9.17) is 10.5 Å². The third-order valence-electron chi connectivity index (χ3n) is 3.36. The highest BCUT2D eigenvalue weighted by Gasteiger charge is 2.33. The number of nitrogens with two attached hydrogens (primary N) is 1. The van der Waals surface area contributed by atoms with Gasteiger partial charge in [-0.2, -0.15) is 4.31 Å². The van der Waals surface area contributed by atoms with E-state index in [-0.39, 0.29) is 6.04 Å². The summed E-state index contributed by atoms with van der Waals surface area (Å²) in [4.78, 5) is 0.371. The van der Waals surface area contributed by atoms with E-state index in [1.165, 1.54) is 4.31 Å². The Morgan fingerprint density at radius 3 is 2.42 bits per heavy atom. The number of hydrogen-bond donors (Lipinski definition) is 1. The zero-order chi connectivity index (χ0) is 14.2. The lowest BCUT2D eigenvalue weighted by atomic mass is 10.1. The largest absolute Gasteiger partial charge is 0.399 e. The smallest absolute Gasteiger partial charge is 0.244 e. The molecule has 1 aliphatic heterocycles. The van der Waals surface area contributed by atoms with Gasteiger partial charge in [-0.05, 0) is 44.0 Å². The van der Waals surface area contributed by atoms with E-state index >= 15 is 0 Å². The number of sulfonamides is 1. The maximum atomic E-state index is 12.8. The van der Waals surface area contributed by atoms with Crippen molar-refractivity contribution in [1.82, 2.24) is 4.31 Å². The van der Waals surface area contributed by atoms with Crippen molar-refractivity contribution in [2.75, 3.05) is 25.5 Å². The zero-order valence-corrected chi connectivity index (χ0v) is 12.3. The minimum Gasteiger partial charge on any atom is -0.399 e. The minimum atomic E-state index is -3.49. The Morgan fingerprint density at radius 2 is 1.89 bits per heavy atom. The Kier molecular flexibility index (Phi) is 3.85. The van der Waals surface area contributed by atoms with Gasteiger partial charge in [0.1, 0.15) is 0 Å². The predicted octanol–water partition coefficient (Wildman–Crippen LogP) is 1.30. The van der Waals surface area contributed by atoms with Gasteiger partial charge in [0.2, 0.25) is 10.0 Å². The molecular weight excluding hydrogens is 264 g/mol. The molecule has 1 saturated heterocycles. The van der Waals surface area contributed by atoms with Crippen molar-refractivity contribution in [1.29, 1.82) is 0 Å². The lowest BCUT2D eigenvalue weighted by Crippen LogP contribution is -2.47. The first-order valence-corrected chi connectivity index (χ1v) is 7.74. The second kappa shape index (κ2) is 5.11. The number of hydrogen-bond acceptors (Lipinski definition) is 4. The molecule has 1 fully saturated rings. The van der Waals surface area contributed by atoms with Crippen LogP contribution in [0.15, 0.2) is 17.0 Å². The number of benzene rings is 1. The van der Waals surface area contributed by atoms with Gasteiger partial charge in [-0.3, -0.25) is 0 Å². The van der Waals surface area contributed by atoms with E-state index in [0.29, 0.717) is 41.5 Å². The molecule has 1 heterocycles. The number of anilines is 1. The number of nitrogen functional groups attached to an aromatic ring is 1.